The van der Waals surface area contributed by atoms with Crippen molar-refractivity contribution in [3.05, 3.63) is 70.3 Å². The average Bonchev–Trinajstić information content (AvgIpc) is 2.48. The highest BCUT2D eigenvalue weighted by atomic mass is 16.6. The van der Waals surface area contributed by atoms with Crippen molar-refractivity contribution in [3.63, 3.8) is 0 Å². The maximum atomic E-state index is 11.7. The number of nitrogens with two attached hydrogens (primary N) is 2. The van der Waals surface area contributed by atoms with E-state index in [1.807, 2.05) is 0 Å². The Kier molecular flexibility index (Phi) is 6.05. The number of nitro groups is 1. The van der Waals surface area contributed by atoms with Gasteiger partial charge in [0.1, 0.15) is 5.75 Å². The Morgan fingerprint density at radius 1 is 1.05 bits per heavy atom. The van der Waals surface area contributed by atoms with Crippen molar-refractivity contribution in [3.8, 4) is 5.75 Å². The molecule has 0 aliphatic heterocycles. The molecule has 22 heavy (non-hydrogen) atoms. The van der Waals surface area contributed by atoms with Crippen LogP contribution in [-0.4, -0.2) is 16.9 Å². The second-order valence-electron chi connectivity index (χ2n) is 3.96. The molecule has 8 nitrogen and oxygen atoms in total. The van der Waals surface area contributed by atoms with Crippen LogP contribution in [0.4, 0.5) is 5.69 Å². The molecule has 5 N–H and O–H groups in total. The van der Waals surface area contributed by atoms with E-state index in [-0.39, 0.29) is 17.4 Å². The number of carbonyl (C=O) groups is 1. The third kappa shape index (κ3) is 5.70. The molecule has 2 aromatic rings. The van der Waals surface area contributed by atoms with E-state index in [1.165, 1.54) is 24.3 Å². The molecule has 0 radical (unpaired) electrons. The molecule has 0 fully saturated rings. The summed E-state index contributed by atoms with van der Waals surface area (Å²) in [4.78, 5) is 21.6. The molecule has 114 valence electrons. The van der Waals surface area contributed by atoms with E-state index >= 15 is 0 Å². The molecule has 2 aromatic carbocycles. The second kappa shape index (κ2) is 8.00. The molecule has 0 aromatic heterocycles. The number of benzene rings is 2. The molecule has 8 heteroatoms. The summed E-state index contributed by atoms with van der Waals surface area (Å²) >= 11 is 0. The van der Waals surface area contributed by atoms with Crippen molar-refractivity contribution in [2.75, 3.05) is 0 Å². The van der Waals surface area contributed by atoms with Crippen molar-refractivity contribution >= 4 is 17.6 Å². The van der Waals surface area contributed by atoms with Gasteiger partial charge >= 0.3 is 5.97 Å². The van der Waals surface area contributed by atoms with Crippen molar-refractivity contribution in [2.45, 2.75) is 0 Å². The van der Waals surface area contributed by atoms with Crippen LogP contribution in [0.15, 0.2) is 54.6 Å². The van der Waals surface area contributed by atoms with E-state index in [0.717, 1.165) is 0 Å². The Bertz CT molecular complexity index is 652. The van der Waals surface area contributed by atoms with Crippen LogP contribution in [0, 0.1) is 15.5 Å². The Morgan fingerprint density at radius 2 is 1.55 bits per heavy atom. The standard InChI is InChI=1S/C13H9NO4.CH5N3/c15-13(10-4-2-1-3-5-10)18-12-8-6-11(7-9-12)14(16)17;2-1(3)4/h1-9H;(H5,2,3,4). The quantitative estimate of drug-likeness (QED) is 0.196. The summed E-state index contributed by atoms with van der Waals surface area (Å²) in [5, 5.41) is 16.5. The number of hydrogen-bond acceptors (Lipinski definition) is 5. The van der Waals surface area contributed by atoms with Gasteiger partial charge in [0.2, 0.25) is 0 Å². The van der Waals surface area contributed by atoms with Crippen LogP contribution in [0.5, 0.6) is 5.75 Å². The predicted octanol–water partition coefficient (Wildman–Crippen LogP) is 1.65. The summed E-state index contributed by atoms with van der Waals surface area (Å²) in [6, 6.07) is 13.9. The molecular weight excluding hydrogens is 288 g/mol. The Labute approximate surface area is 126 Å². The summed E-state index contributed by atoms with van der Waals surface area (Å²) in [6.07, 6.45) is 0. The number of nitro benzene ring substituents is 1. The lowest BCUT2D eigenvalue weighted by atomic mass is 10.2. The third-order valence-electron chi connectivity index (χ3n) is 2.27. The molecule has 0 atom stereocenters. The minimum Gasteiger partial charge on any atom is -0.423 e. The topological polar surface area (TPSA) is 145 Å². The van der Waals surface area contributed by atoms with Gasteiger partial charge < -0.3 is 16.2 Å². The lowest BCUT2D eigenvalue weighted by Gasteiger charge is -2.03. The Hall–Kier alpha value is -3.42. The third-order valence-corrected chi connectivity index (χ3v) is 2.27. The van der Waals surface area contributed by atoms with E-state index in [9.17, 15) is 14.9 Å². The first-order valence-electron chi connectivity index (χ1n) is 6.01. The molecule has 0 spiro atoms. The minimum absolute atomic E-state index is 0.0467. The number of nitrogens with zero attached hydrogens (tertiary/aromatic N) is 1. The van der Waals surface area contributed by atoms with Gasteiger partial charge in [-0.25, -0.2) is 4.79 Å². The Balaban J connectivity index is 0.000000541. The molecular formula is C14H14N4O4. The summed E-state index contributed by atoms with van der Waals surface area (Å²) < 4.78 is 5.07. The van der Waals surface area contributed by atoms with Crippen LogP contribution >= 0.6 is 0 Å². The van der Waals surface area contributed by atoms with E-state index in [4.69, 9.17) is 10.1 Å². The number of nitrogens with one attached hydrogen (secondary N) is 1. The molecule has 0 saturated carbocycles. The molecule has 0 aliphatic carbocycles. The number of ether oxygens (including phenoxy) is 1. The van der Waals surface area contributed by atoms with Crippen molar-refractivity contribution in [2.24, 2.45) is 11.5 Å². The molecule has 0 aliphatic rings. The highest BCUT2D eigenvalue weighted by Crippen LogP contribution is 2.18. The molecule has 2 rings (SSSR count). The fourth-order valence-corrected chi connectivity index (χ4v) is 1.38. The first-order valence-corrected chi connectivity index (χ1v) is 6.01. The van der Waals surface area contributed by atoms with Crippen LogP contribution in [0.1, 0.15) is 10.4 Å². The van der Waals surface area contributed by atoms with Gasteiger partial charge in [0.25, 0.3) is 5.69 Å². The van der Waals surface area contributed by atoms with Gasteiger partial charge in [-0.1, -0.05) is 18.2 Å². The SMILES string of the molecule is N=C(N)N.O=C(Oc1ccc([N+](=O)[O-])cc1)c1ccccc1. The minimum atomic E-state index is -0.511. The van der Waals surface area contributed by atoms with Crippen molar-refractivity contribution in [1.29, 1.82) is 5.41 Å². The Morgan fingerprint density at radius 3 is 2.00 bits per heavy atom. The first-order chi connectivity index (χ1) is 10.4. The van der Waals surface area contributed by atoms with Crippen LogP contribution < -0.4 is 16.2 Å². The normalized spacial score (nSPS) is 9.09. The van der Waals surface area contributed by atoms with E-state index in [1.54, 1.807) is 30.3 Å². The summed E-state index contributed by atoms with van der Waals surface area (Å²) in [6.45, 7) is 0. The van der Waals surface area contributed by atoms with Crippen molar-refractivity contribution in [1.82, 2.24) is 0 Å². The van der Waals surface area contributed by atoms with Crippen LogP contribution in [0.25, 0.3) is 0 Å². The summed E-state index contributed by atoms with van der Waals surface area (Å²) in [5.41, 5.74) is 9.32. The monoisotopic (exact) mass is 302 g/mol. The van der Waals surface area contributed by atoms with Gasteiger partial charge in [0.15, 0.2) is 5.96 Å². The molecule has 0 bridgehead atoms. The first kappa shape index (κ1) is 16.6. The highest BCUT2D eigenvalue weighted by Gasteiger charge is 2.09. The number of guanidine groups is 1. The van der Waals surface area contributed by atoms with Gasteiger partial charge in [0.05, 0.1) is 10.5 Å². The van der Waals surface area contributed by atoms with Gasteiger partial charge in [-0.3, -0.25) is 15.5 Å². The zero-order chi connectivity index (χ0) is 16.5. The molecule has 0 saturated heterocycles. The smallest absolute Gasteiger partial charge is 0.343 e. The fraction of sp³-hybridized carbons (Fsp3) is 0. The van der Waals surface area contributed by atoms with Crippen LogP contribution in [-0.2, 0) is 0 Å². The molecule has 0 heterocycles. The highest BCUT2D eigenvalue weighted by molar-refractivity contribution is 5.90. The van der Waals surface area contributed by atoms with E-state index in [0.29, 0.717) is 5.56 Å². The summed E-state index contributed by atoms with van der Waals surface area (Å²) in [5.74, 6) is -0.557. The lowest BCUT2D eigenvalue weighted by molar-refractivity contribution is -0.384. The van der Waals surface area contributed by atoms with Crippen LogP contribution in [0.3, 0.4) is 0 Å². The van der Waals surface area contributed by atoms with Crippen LogP contribution in [0.2, 0.25) is 0 Å². The number of rotatable bonds is 3. The van der Waals surface area contributed by atoms with E-state index in [2.05, 4.69) is 11.5 Å². The fourth-order valence-electron chi connectivity index (χ4n) is 1.38. The predicted molar refractivity (Wildman–Crippen MR) is 80.6 cm³/mol. The van der Waals surface area contributed by atoms with Gasteiger partial charge in [-0.15, -0.1) is 0 Å². The molecule has 0 unspecified atom stereocenters. The zero-order valence-corrected chi connectivity index (χ0v) is 11.4. The number of carbonyl (C=O) groups excluding carboxylic acids is 1. The van der Waals surface area contributed by atoms with Crippen molar-refractivity contribution < 1.29 is 14.5 Å². The maximum absolute atomic E-state index is 11.7. The van der Waals surface area contributed by atoms with E-state index < -0.39 is 10.9 Å². The second-order valence-corrected chi connectivity index (χ2v) is 3.96. The van der Waals surface area contributed by atoms with Gasteiger partial charge in [-0.05, 0) is 24.3 Å². The largest absolute Gasteiger partial charge is 0.423 e. The molecule has 0 amide bonds. The number of esters is 1. The maximum Gasteiger partial charge on any atom is 0.343 e. The van der Waals surface area contributed by atoms with Gasteiger partial charge in [-0.2, -0.15) is 0 Å². The zero-order valence-electron chi connectivity index (χ0n) is 11.4. The summed E-state index contributed by atoms with van der Waals surface area (Å²) in [7, 11) is 0. The number of non-ortho nitro benzene ring substituents is 1. The van der Waals surface area contributed by atoms with Gasteiger partial charge in [0, 0.05) is 12.1 Å². The average molecular weight is 302 g/mol. The number of hydrogen-bond donors (Lipinski definition) is 3. The lowest BCUT2D eigenvalue weighted by Crippen LogP contribution is -2.20.